The smallest absolute Gasteiger partial charge is 0.266 e. The number of methoxy groups -OCH3 is 1. The lowest BCUT2D eigenvalue weighted by atomic mass is 10.2. The Labute approximate surface area is 197 Å². The monoisotopic (exact) mass is 482 g/mol. The fourth-order valence-corrected chi connectivity index (χ4v) is 4.46. The molecule has 2 N–H and O–H groups in total. The van der Waals surface area contributed by atoms with E-state index in [-0.39, 0.29) is 18.4 Å². The SMILES string of the molecule is COc1ccccc1NC(=O)c1sc2ncn(CC(=O)Nc3ccc(Cl)cc3)c(=O)c2c1C. The first-order chi connectivity index (χ1) is 15.9. The van der Waals surface area contributed by atoms with Crippen molar-refractivity contribution in [1.29, 1.82) is 0 Å². The van der Waals surface area contributed by atoms with Crippen LogP contribution in [0, 0.1) is 6.92 Å². The zero-order valence-electron chi connectivity index (χ0n) is 17.7. The molecule has 0 aliphatic rings. The highest BCUT2D eigenvalue weighted by molar-refractivity contribution is 7.20. The van der Waals surface area contributed by atoms with Gasteiger partial charge in [-0.15, -0.1) is 11.3 Å². The van der Waals surface area contributed by atoms with E-state index in [1.807, 2.05) is 0 Å². The molecule has 0 bridgehead atoms. The van der Waals surface area contributed by atoms with Crippen molar-refractivity contribution in [2.24, 2.45) is 0 Å². The molecule has 0 radical (unpaired) electrons. The molecule has 4 aromatic rings. The van der Waals surface area contributed by atoms with Crippen molar-refractivity contribution >= 4 is 56.3 Å². The third kappa shape index (κ3) is 4.74. The van der Waals surface area contributed by atoms with Crippen molar-refractivity contribution in [3.63, 3.8) is 0 Å². The van der Waals surface area contributed by atoms with Crippen molar-refractivity contribution in [3.8, 4) is 5.75 Å². The Morgan fingerprint density at radius 3 is 2.58 bits per heavy atom. The number of hydrogen-bond acceptors (Lipinski definition) is 6. The van der Waals surface area contributed by atoms with Crippen LogP contribution in [0.4, 0.5) is 11.4 Å². The van der Waals surface area contributed by atoms with Gasteiger partial charge in [0.1, 0.15) is 17.1 Å². The van der Waals surface area contributed by atoms with Gasteiger partial charge in [-0.1, -0.05) is 23.7 Å². The fraction of sp³-hybridized carbons (Fsp3) is 0.130. The van der Waals surface area contributed by atoms with Crippen molar-refractivity contribution in [2.45, 2.75) is 13.5 Å². The maximum Gasteiger partial charge on any atom is 0.266 e. The Balaban J connectivity index is 1.58. The highest BCUT2D eigenvalue weighted by Crippen LogP contribution is 2.29. The highest BCUT2D eigenvalue weighted by Gasteiger charge is 2.21. The van der Waals surface area contributed by atoms with Crippen LogP contribution in [-0.4, -0.2) is 28.5 Å². The molecule has 0 spiro atoms. The third-order valence-electron chi connectivity index (χ3n) is 4.92. The van der Waals surface area contributed by atoms with E-state index < -0.39 is 5.56 Å². The van der Waals surface area contributed by atoms with E-state index >= 15 is 0 Å². The van der Waals surface area contributed by atoms with Crippen LogP contribution in [0.1, 0.15) is 15.2 Å². The van der Waals surface area contributed by atoms with Crippen LogP contribution in [0.3, 0.4) is 0 Å². The van der Waals surface area contributed by atoms with Crippen LogP contribution in [0.2, 0.25) is 5.02 Å². The lowest BCUT2D eigenvalue weighted by Crippen LogP contribution is -2.27. The number of hydrogen-bond donors (Lipinski definition) is 2. The van der Waals surface area contributed by atoms with Crippen LogP contribution in [-0.2, 0) is 11.3 Å². The average molecular weight is 483 g/mol. The second-order valence-electron chi connectivity index (χ2n) is 7.12. The van der Waals surface area contributed by atoms with Gasteiger partial charge in [-0.25, -0.2) is 4.98 Å². The Morgan fingerprint density at radius 2 is 1.85 bits per heavy atom. The minimum atomic E-state index is -0.392. The van der Waals surface area contributed by atoms with E-state index in [4.69, 9.17) is 16.3 Å². The number of aromatic nitrogens is 2. The molecule has 33 heavy (non-hydrogen) atoms. The van der Waals surface area contributed by atoms with Gasteiger partial charge >= 0.3 is 0 Å². The summed E-state index contributed by atoms with van der Waals surface area (Å²) in [7, 11) is 1.52. The summed E-state index contributed by atoms with van der Waals surface area (Å²) < 4.78 is 6.49. The molecule has 2 amide bonds. The van der Waals surface area contributed by atoms with Gasteiger partial charge in [-0.2, -0.15) is 0 Å². The zero-order valence-corrected chi connectivity index (χ0v) is 19.3. The molecule has 2 aromatic carbocycles. The summed E-state index contributed by atoms with van der Waals surface area (Å²) in [6.07, 6.45) is 1.31. The largest absolute Gasteiger partial charge is 0.495 e. The van der Waals surface area contributed by atoms with Gasteiger partial charge in [0.2, 0.25) is 5.91 Å². The van der Waals surface area contributed by atoms with E-state index in [1.165, 1.54) is 18.0 Å². The highest BCUT2D eigenvalue weighted by atomic mass is 35.5. The van der Waals surface area contributed by atoms with Gasteiger partial charge in [-0.3, -0.25) is 19.0 Å². The minimum absolute atomic E-state index is 0.220. The number of carbonyl (C=O) groups excluding carboxylic acids is 2. The predicted molar refractivity (Wildman–Crippen MR) is 130 cm³/mol. The molecule has 10 heteroatoms. The molecule has 0 fully saturated rings. The van der Waals surface area contributed by atoms with Gasteiger partial charge in [0.05, 0.1) is 29.4 Å². The number of nitrogens with one attached hydrogen (secondary N) is 2. The van der Waals surface area contributed by atoms with E-state index in [0.717, 1.165) is 11.3 Å². The summed E-state index contributed by atoms with van der Waals surface area (Å²) in [5.41, 5.74) is 1.20. The zero-order chi connectivity index (χ0) is 23.5. The molecule has 0 aliphatic heterocycles. The second-order valence-corrected chi connectivity index (χ2v) is 8.56. The summed E-state index contributed by atoms with van der Waals surface area (Å²) in [4.78, 5) is 43.5. The Morgan fingerprint density at radius 1 is 1.12 bits per heavy atom. The van der Waals surface area contributed by atoms with E-state index in [1.54, 1.807) is 55.5 Å². The maximum absolute atomic E-state index is 13.1. The predicted octanol–water partition coefficient (Wildman–Crippen LogP) is 4.32. The number of rotatable bonds is 6. The van der Waals surface area contributed by atoms with Crippen LogP contribution in [0.5, 0.6) is 5.75 Å². The molecule has 168 valence electrons. The molecule has 0 unspecified atom stereocenters. The molecule has 4 rings (SSSR count). The Kier molecular flexibility index (Phi) is 6.43. The van der Waals surface area contributed by atoms with Crippen LogP contribution < -0.4 is 20.9 Å². The van der Waals surface area contributed by atoms with Crippen molar-refractivity contribution in [2.75, 3.05) is 17.7 Å². The van der Waals surface area contributed by atoms with Gasteiger partial charge in [0.25, 0.3) is 11.5 Å². The topological polar surface area (TPSA) is 102 Å². The van der Waals surface area contributed by atoms with Crippen LogP contribution >= 0.6 is 22.9 Å². The number of ether oxygens (including phenoxy) is 1. The lowest BCUT2D eigenvalue weighted by Gasteiger charge is -2.09. The molecule has 0 atom stereocenters. The molecular weight excluding hydrogens is 464 g/mol. The number of carbonyl (C=O) groups is 2. The molecule has 0 saturated heterocycles. The molecular formula is C23H19ClN4O4S. The summed E-state index contributed by atoms with van der Waals surface area (Å²) in [5.74, 6) is -0.231. The first kappa shape index (κ1) is 22.5. The first-order valence-corrected chi connectivity index (χ1v) is 11.0. The van der Waals surface area contributed by atoms with E-state index in [2.05, 4.69) is 15.6 Å². The number of benzene rings is 2. The van der Waals surface area contributed by atoms with E-state index in [0.29, 0.717) is 42.8 Å². The third-order valence-corrected chi connectivity index (χ3v) is 6.37. The van der Waals surface area contributed by atoms with Gasteiger partial charge in [-0.05, 0) is 48.9 Å². The number of aryl methyl sites for hydroxylation is 1. The normalized spacial score (nSPS) is 10.8. The molecule has 2 aromatic heterocycles. The quantitative estimate of drug-likeness (QED) is 0.426. The number of halogens is 1. The number of amides is 2. The van der Waals surface area contributed by atoms with Crippen molar-refractivity contribution in [3.05, 3.63) is 80.7 Å². The summed E-state index contributed by atoms with van der Waals surface area (Å²) >= 11 is 6.97. The van der Waals surface area contributed by atoms with Gasteiger partial charge in [0, 0.05) is 10.7 Å². The fourth-order valence-electron chi connectivity index (χ4n) is 3.30. The number of nitrogens with zero attached hydrogens (tertiary/aromatic N) is 2. The summed E-state index contributed by atoms with van der Waals surface area (Å²) in [5, 5.41) is 6.39. The number of thiophene rings is 1. The van der Waals surface area contributed by atoms with Gasteiger partial charge < -0.3 is 15.4 Å². The van der Waals surface area contributed by atoms with E-state index in [9.17, 15) is 14.4 Å². The van der Waals surface area contributed by atoms with Crippen molar-refractivity contribution < 1.29 is 14.3 Å². The minimum Gasteiger partial charge on any atom is -0.495 e. The van der Waals surface area contributed by atoms with Crippen molar-refractivity contribution in [1.82, 2.24) is 9.55 Å². The van der Waals surface area contributed by atoms with Crippen LogP contribution in [0.15, 0.2) is 59.7 Å². The number of anilines is 2. The van der Waals surface area contributed by atoms with Gasteiger partial charge in [0.15, 0.2) is 0 Å². The summed E-state index contributed by atoms with van der Waals surface area (Å²) in [6, 6.07) is 13.7. The Hall–Kier alpha value is -3.69. The second kappa shape index (κ2) is 9.43. The first-order valence-electron chi connectivity index (χ1n) is 9.85. The molecule has 0 aliphatic carbocycles. The average Bonchev–Trinajstić information content (AvgIpc) is 3.15. The Bertz CT molecular complexity index is 1410. The summed E-state index contributed by atoms with van der Waals surface area (Å²) in [6.45, 7) is 1.47. The number of fused-ring (bicyclic) bond motifs is 1. The standard InChI is InChI=1S/C23H19ClN4O4S/c1-13-19-22(33-20(13)21(30)27-16-5-3-4-6-17(16)32-2)25-12-28(23(19)31)11-18(29)26-15-9-7-14(24)8-10-15/h3-10,12H,11H2,1-2H3,(H,26,29)(H,27,30). The maximum atomic E-state index is 13.1. The number of para-hydroxylation sites is 2. The lowest BCUT2D eigenvalue weighted by molar-refractivity contribution is -0.116. The van der Waals surface area contributed by atoms with Crippen LogP contribution in [0.25, 0.3) is 10.2 Å². The molecule has 0 saturated carbocycles. The molecule has 2 heterocycles. The molecule has 8 nitrogen and oxygen atoms in total.